The van der Waals surface area contributed by atoms with Crippen LogP contribution in [0.3, 0.4) is 0 Å². The van der Waals surface area contributed by atoms with E-state index in [1.54, 1.807) is 6.92 Å². The summed E-state index contributed by atoms with van der Waals surface area (Å²) >= 11 is 1.36. The Morgan fingerprint density at radius 2 is 1.71 bits per heavy atom. The number of hydrogen-bond donors (Lipinski definition) is 1. The van der Waals surface area contributed by atoms with Crippen molar-refractivity contribution in [2.24, 2.45) is 0 Å². The molecule has 150 valence electrons. The number of para-hydroxylation sites is 1. The fraction of sp³-hybridized carbons (Fsp3) is 0.364. The van der Waals surface area contributed by atoms with Crippen LogP contribution in [0.25, 0.3) is 0 Å². The van der Waals surface area contributed by atoms with E-state index in [1.165, 1.54) is 11.8 Å². The summed E-state index contributed by atoms with van der Waals surface area (Å²) in [5.74, 6) is 0.432. The third-order valence-electron chi connectivity index (χ3n) is 4.01. The van der Waals surface area contributed by atoms with Gasteiger partial charge in [-0.2, -0.15) is 0 Å². The first-order valence-electron chi connectivity index (χ1n) is 9.35. The second-order valence-corrected chi connectivity index (χ2v) is 7.61. The quantitative estimate of drug-likeness (QED) is 0.480. The van der Waals surface area contributed by atoms with Gasteiger partial charge in [0.15, 0.2) is 6.10 Å². The minimum Gasteiger partial charge on any atom is -0.494 e. The van der Waals surface area contributed by atoms with E-state index in [9.17, 15) is 9.59 Å². The van der Waals surface area contributed by atoms with E-state index >= 15 is 0 Å². The molecule has 0 aromatic heterocycles. The van der Waals surface area contributed by atoms with Crippen LogP contribution in [-0.4, -0.2) is 30.3 Å². The summed E-state index contributed by atoms with van der Waals surface area (Å²) in [4.78, 5) is 25.4. The smallest absolute Gasteiger partial charge is 0.317 e. The summed E-state index contributed by atoms with van der Waals surface area (Å²) in [6.45, 7) is 8.24. The van der Waals surface area contributed by atoms with Gasteiger partial charge in [0.1, 0.15) is 5.75 Å². The van der Waals surface area contributed by atoms with Crippen LogP contribution in [0, 0.1) is 0 Å². The molecule has 0 saturated heterocycles. The van der Waals surface area contributed by atoms with Crippen molar-refractivity contribution in [1.29, 1.82) is 0 Å². The third kappa shape index (κ3) is 6.60. The summed E-state index contributed by atoms with van der Waals surface area (Å²) in [7, 11) is 0. The van der Waals surface area contributed by atoms with E-state index in [0.717, 1.165) is 21.9 Å². The number of carbonyl (C=O) groups excluding carboxylic acids is 2. The number of hydrogen-bond acceptors (Lipinski definition) is 5. The molecule has 0 aliphatic carbocycles. The second kappa shape index (κ2) is 10.8. The van der Waals surface area contributed by atoms with Gasteiger partial charge < -0.3 is 14.8 Å². The monoisotopic (exact) mass is 401 g/mol. The average molecular weight is 402 g/mol. The van der Waals surface area contributed by atoms with Crippen molar-refractivity contribution in [2.75, 3.05) is 17.7 Å². The van der Waals surface area contributed by atoms with Crippen molar-refractivity contribution >= 4 is 29.3 Å². The Balaban J connectivity index is 1.83. The molecule has 0 bridgehead atoms. The van der Waals surface area contributed by atoms with Crippen molar-refractivity contribution in [1.82, 2.24) is 0 Å². The predicted octanol–water partition coefficient (Wildman–Crippen LogP) is 4.87. The number of rotatable bonds is 9. The highest BCUT2D eigenvalue weighted by Crippen LogP contribution is 2.24. The van der Waals surface area contributed by atoms with Crippen LogP contribution in [0.4, 0.5) is 5.69 Å². The van der Waals surface area contributed by atoms with Gasteiger partial charge in [-0.3, -0.25) is 9.59 Å². The number of esters is 1. The Hall–Kier alpha value is -2.47. The highest BCUT2D eigenvalue weighted by Gasteiger charge is 2.19. The Morgan fingerprint density at radius 3 is 2.36 bits per heavy atom. The molecule has 0 saturated carbocycles. The van der Waals surface area contributed by atoms with Crippen molar-refractivity contribution in [3.05, 3.63) is 54.1 Å². The number of thioether (sulfide) groups is 1. The minimum atomic E-state index is -0.867. The molecule has 0 spiro atoms. The SMILES string of the molecule is CCOc1ccc(SCC(=O)O[C@@H](C)C(=O)Nc2ccccc2C(C)C)cc1. The van der Waals surface area contributed by atoms with E-state index in [4.69, 9.17) is 9.47 Å². The molecule has 2 aromatic carbocycles. The Kier molecular flexibility index (Phi) is 8.39. The summed E-state index contributed by atoms with van der Waals surface area (Å²) in [5, 5.41) is 2.85. The lowest BCUT2D eigenvalue weighted by Crippen LogP contribution is -2.30. The molecule has 0 fully saturated rings. The molecule has 1 atom stereocenters. The highest BCUT2D eigenvalue weighted by atomic mass is 32.2. The lowest BCUT2D eigenvalue weighted by atomic mass is 10.0. The van der Waals surface area contributed by atoms with Gasteiger partial charge in [-0.15, -0.1) is 11.8 Å². The molecule has 5 nitrogen and oxygen atoms in total. The molecule has 1 N–H and O–H groups in total. The van der Waals surface area contributed by atoms with E-state index in [2.05, 4.69) is 19.2 Å². The highest BCUT2D eigenvalue weighted by molar-refractivity contribution is 8.00. The van der Waals surface area contributed by atoms with Crippen LogP contribution in [0.15, 0.2) is 53.4 Å². The van der Waals surface area contributed by atoms with E-state index < -0.39 is 12.1 Å². The number of amides is 1. The van der Waals surface area contributed by atoms with Crippen LogP contribution in [-0.2, 0) is 14.3 Å². The largest absolute Gasteiger partial charge is 0.494 e. The number of anilines is 1. The summed E-state index contributed by atoms with van der Waals surface area (Å²) < 4.78 is 10.7. The summed E-state index contributed by atoms with van der Waals surface area (Å²) in [6, 6.07) is 15.1. The normalized spacial score (nSPS) is 11.8. The zero-order valence-corrected chi connectivity index (χ0v) is 17.5. The molecule has 1 amide bonds. The van der Waals surface area contributed by atoms with Gasteiger partial charge in [-0.05, 0) is 55.7 Å². The van der Waals surface area contributed by atoms with Gasteiger partial charge in [-0.1, -0.05) is 32.0 Å². The van der Waals surface area contributed by atoms with Gasteiger partial charge in [0.2, 0.25) is 0 Å². The fourth-order valence-electron chi connectivity index (χ4n) is 2.57. The van der Waals surface area contributed by atoms with E-state index in [0.29, 0.717) is 6.61 Å². The van der Waals surface area contributed by atoms with Gasteiger partial charge in [-0.25, -0.2) is 0 Å². The first-order chi connectivity index (χ1) is 13.4. The number of benzene rings is 2. The van der Waals surface area contributed by atoms with Gasteiger partial charge >= 0.3 is 5.97 Å². The molecule has 0 radical (unpaired) electrons. The Labute approximate surface area is 170 Å². The standard InChI is InChI=1S/C22H27NO4S/c1-5-26-17-10-12-18(13-11-17)28-14-21(24)27-16(4)22(25)23-20-9-7-6-8-19(20)15(2)3/h6-13,15-16H,5,14H2,1-4H3,(H,23,25)/t16-/m0/s1. The van der Waals surface area contributed by atoms with Crippen LogP contribution in [0.5, 0.6) is 5.75 Å². The van der Waals surface area contributed by atoms with Crippen molar-refractivity contribution in [3.63, 3.8) is 0 Å². The maximum atomic E-state index is 12.4. The molecule has 0 unspecified atom stereocenters. The topological polar surface area (TPSA) is 64.6 Å². The van der Waals surface area contributed by atoms with Gasteiger partial charge in [0, 0.05) is 10.6 Å². The molecule has 0 heterocycles. The van der Waals surface area contributed by atoms with Crippen molar-refractivity contribution < 1.29 is 19.1 Å². The maximum absolute atomic E-state index is 12.4. The lowest BCUT2D eigenvalue weighted by Gasteiger charge is -2.17. The Morgan fingerprint density at radius 1 is 1.04 bits per heavy atom. The first kappa shape index (κ1) is 21.8. The van der Waals surface area contributed by atoms with Gasteiger partial charge in [0.25, 0.3) is 5.91 Å². The first-order valence-corrected chi connectivity index (χ1v) is 10.3. The fourth-order valence-corrected chi connectivity index (χ4v) is 3.26. The zero-order valence-electron chi connectivity index (χ0n) is 16.7. The Bertz CT molecular complexity index is 789. The van der Waals surface area contributed by atoms with Crippen LogP contribution < -0.4 is 10.1 Å². The van der Waals surface area contributed by atoms with Gasteiger partial charge in [0.05, 0.1) is 12.4 Å². The van der Waals surface area contributed by atoms with Crippen molar-refractivity contribution in [3.8, 4) is 5.75 Å². The predicted molar refractivity (Wildman–Crippen MR) is 113 cm³/mol. The lowest BCUT2D eigenvalue weighted by molar-refractivity contribution is -0.150. The molecular formula is C22H27NO4S. The molecule has 28 heavy (non-hydrogen) atoms. The van der Waals surface area contributed by atoms with Crippen LogP contribution in [0.1, 0.15) is 39.2 Å². The molecule has 2 rings (SSSR count). The molecule has 6 heteroatoms. The third-order valence-corrected chi connectivity index (χ3v) is 5.00. The summed E-state index contributed by atoms with van der Waals surface area (Å²) in [5.41, 5.74) is 1.79. The summed E-state index contributed by atoms with van der Waals surface area (Å²) in [6.07, 6.45) is -0.867. The van der Waals surface area contributed by atoms with E-state index in [1.807, 2.05) is 55.5 Å². The van der Waals surface area contributed by atoms with E-state index in [-0.39, 0.29) is 17.6 Å². The average Bonchev–Trinajstić information content (AvgIpc) is 2.68. The number of carbonyl (C=O) groups is 2. The molecule has 0 aliphatic rings. The molecule has 0 aliphatic heterocycles. The van der Waals surface area contributed by atoms with Crippen molar-refractivity contribution in [2.45, 2.75) is 44.6 Å². The molecule has 2 aromatic rings. The zero-order chi connectivity index (χ0) is 20.5. The van der Waals surface area contributed by atoms with Crippen LogP contribution >= 0.6 is 11.8 Å². The number of nitrogens with one attached hydrogen (secondary N) is 1. The second-order valence-electron chi connectivity index (χ2n) is 6.56. The number of ether oxygens (including phenoxy) is 2. The minimum absolute atomic E-state index is 0.133. The molecular weight excluding hydrogens is 374 g/mol. The van der Waals surface area contributed by atoms with Crippen LogP contribution in [0.2, 0.25) is 0 Å². The maximum Gasteiger partial charge on any atom is 0.317 e.